The van der Waals surface area contributed by atoms with E-state index in [1.807, 2.05) is 37.4 Å². The fourth-order valence-corrected chi connectivity index (χ4v) is 2.90. The number of nitrogens with zero attached hydrogens (tertiary/aromatic N) is 1. The van der Waals surface area contributed by atoms with Crippen LogP contribution in [0.25, 0.3) is 0 Å². The van der Waals surface area contributed by atoms with Gasteiger partial charge in [-0.3, -0.25) is 4.57 Å². The van der Waals surface area contributed by atoms with Crippen LogP contribution in [0.5, 0.6) is 0 Å². The molecule has 0 aliphatic heterocycles. The number of benzene rings is 1. The van der Waals surface area contributed by atoms with Crippen molar-refractivity contribution in [3.63, 3.8) is 0 Å². The first-order chi connectivity index (χ1) is 8.09. The van der Waals surface area contributed by atoms with Gasteiger partial charge in [-0.25, -0.2) is 0 Å². The number of rotatable bonds is 5. The van der Waals surface area contributed by atoms with Gasteiger partial charge in [-0.05, 0) is 19.1 Å². The molecule has 0 N–H and O–H groups in total. The summed E-state index contributed by atoms with van der Waals surface area (Å²) in [5, 5.41) is 0. The minimum Gasteiger partial charge on any atom is -0.338 e. The molecule has 0 amide bonds. The van der Waals surface area contributed by atoms with Crippen LogP contribution < -0.4 is 4.90 Å². The van der Waals surface area contributed by atoms with Crippen LogP contribution in [0.1, 0.15) is 6.92 Å². The fraction of sp³-hybridized carbons (Fsp3) is 0.333. The van der Waals surface area contributed by atoms with E-state index in [-0.39, 0.29) is 0 Å². The molecule has 17 heavy (non-hydrogen) atoms. The Morgan fingerprint density at radius 3 is 2.18 bits per heavy atom. The molecular weight excluding hydrogens is 237 g/mol. The van der Waals surface area contributed by atoms with Crippen LogP contribution in [-0.4, -0.2) is 21.3 Å². The van der Waals surface area contributed by atoms with E-state index in [0.717, 1.165) is 5.69 Å². The standard InChI is InChI=1S/C12H18NO3P/c1-5-12(17(14,15-3)16-4)13(2)11-9-7-6-8-10-11/h5-10H,1-4H3. The van der Waals surface area contributed by atoms with Crippen molar-refractivity contribution in [2.24, 2.45) is 0 Å². The smallest absolute Gasteiger partial charge is 0.338 e. The Kier molecular flexibility index (Phi) is 4.94. The highest BCUT2D eigenvalue weighted by Crippen LogP contribution is 2.56. The predicted molar refractivity (Wildman–Crippen MR) is 70.2 cm³/mol. The van der Waals surface area contributed by atoms with Gasteiger partial charge in [-0.15, -0.1) is 0 Å². The van der Waals surface area contributed by atoms with E-state index >= 15 is 0 Å². The maximum atomic E-state index is 12.3. The van der Waals surface area contributed by atoms with Crippen LogP contribution >= 0.6 is 7.60 Å². The van der Waals surface area contributed by atoms with E-state index in [2.05, 4.69) is 0 Å². The molecule has 0 radical (unpaired) electrons. The minimum atomic E-state index is -3.23. The topological polar surface area (TPSA) is 38.8 Å². The van der Waals surface area contributed by atoms with Gasteiger partial charge in [-0.2, -0.15) is 0 Å². The number of allylic oxidation sites excluding steroid dienone is 1. The van der Waals surface area contributed by atoms with Crippen molar-refractivity contribution in [1.29, 1.82) is 0 Å². The van der Waals surface area contributed by atoms with Crippen molar-refractivity contribution in [3.8, 4) is 0 Å². The van der Waals surface area contributed by atoms with E-state index < -0.39 is 7.60 Å². The molecule has 0 saturated heterocycles. The quantitative estimate of drug-likeness (QED) is 0.755. The molecule has 0 bridgehead atoms. The fourth-order valence-electron chi connectivity index (χ4n) is 1.58. The number of hydrogen-bond acceptors (Lipinski definition) is 4. The van der Waals surface area contributed by atoms with E-state index in [1.165, 1.54) is 14.2 Å². The van der Waals surface area contributed by atoms with Crippen molar-refractivity contribution in [1.82, 2.24) is 0 Å². The van der Waals surface area contributed by atoms with Gasteiger partial charge in [0, 0.05) is 27.0 Å². The molecule has 0 saturated carbocycles. The Bertz CT molecular complexity index is 423. The minimum absolute atomic E-state index is 0.522. The van der Waals surface area contributed by atoms with Gasteiger partial charge in [0.25, 0.3) is 0 Å². The molecule has 1 rings (SSSR count). The molecule has 0 unspecified atom stereocenters. The summed E-state index contributed by atoms with van der Waals surface area (Å²) in [6.07, 6.45) is 1.74. The summed E-state index contributed by atoms with van der Waals surface area (Å²) < 4.78 is 22.4. The van der Waals surface area contributed by atoms with Gasteiger partial charge < -0.3 is 13.9 Å². The Hall–Kier alpha value is -1.09. The zero-order chi connectivity index (χ0) is 12.9. The van der Waals surface area contributed by atoms with Crippen LogP contribution in [0.15, 0.2) is 41.8 Å². The summed E-state index contributed by atoms with van der Waals surface area (Å²) in [7, 11) is 1.37. The highest BCUT2D eigenvalue weighted by Gasteiger charge is 2.30. The largest absolute Gasteiger partial charge is 0.376 e. The zero-order valence-corrected chi connectivity index (χ0v) is 11.5. The summed E-state index contributed by atoms with van der Waals surface area (Å²) in [5.74, 6) is 0. The second-order valence-corrected chi connectivity index (χ2v) is 5.59. The first-order valence-corrected chi connectivity index (χ1v) is 6.80. The molecule has 0 spiro atoms. The Morgan fingerprint density at radius 2 is 1.76 bits per heavy atom. The maximum absolute atomic E-state index is 12.3. The molecule has 0 aliphatic carbocycles. The van der Waals surface area contributed by atoms with Crippen LogP contribution in [0.4, 0.5) is 5.69 Å². The summed E-state index contributed by atoms with van der Waals surface area (Å²) in [5.41, 5.74) is 1.45. The first kappa shape index (κ1) is 14.0. The van der Waals surface area contributed by atoms with Gasteiger partial charge in [0.15, 0.2) is 0 Å². The molecule has 0 atom stereocenters. The average molecular weight is 255 g/mol. The van der Waals surface area contributed by atoms with E-state index in [4.69, 9.17) is 9.05 Å². The lowest BCUT2D eigenvalue weighted by Crippen LogP contribution is -2.17. The lowest BCUT2D eigenvalue weighted by molar-refractivity contribution is 0.282. The van der Waals surface area contributed by atoms with E-state index in [9.17, 15) is 4.57 Å². The molecular formula is C12H18NO3P. The van der Waals surface area contributed by atoms with E-state index in [0.29, 0.717) is 5.44 Å². The normalized spacial score (nSPS) is 12.6. The maximum Gasteiger partial charge on any atom is 0.376 e. The molecule has 1 aromatic carbocycles. The van der Waals surface area contributed by atoms with Crippen molar-refractivity contribution >= 4 is 13.3 Å². The third-order valence-electron chi connectivity index (χ3n) is 2.51. The molecule has 0 fully saturated rings. The second-order valence-electron chi connectivity index (χ2n) is 3.40. The van der Waals surface area contributed by atoms with Crippen LogP contribution in [0.3, 0.4) is 0 Å². The molecule has 0 heterocycles. The summed E-state index contributed by atoms with van der Waals surface area (Å²) in [6.45, 7) is 1.81. The van der Waals surface area contributed by atoms with E-state index in [1.54, 1.807) is 17.9 Å². The highest BCUT2D eigenvalue weighted by atomic mass is 31.2. The Morgan fingerprint density at radius 1 is 1.24 bits per heavy atom. The Labute approximate surface area is 102 Å². The van der Waals surface area contributed by atoms with Gasteiger partial charge in [0.1, 0.15) is 5.44 Å². The summed E-state index contributed by atoms with van der Waals surface area (Å²) in [4.78, 5) is 1.80. The second kappa shape index (κ2) is 6.01. The number of anilines is 1. The lowest BCUT2D eigenvalue weighted by atomic mass is 10.3. The van der Waals surface area contributed by atoms with Gasteiger partial charge >= 0.3 is 7.60 Å². The van der Waals surface area contributed by atoms with Crippen LogP contribution in [0.2, 0.25) is 0 Å². The zero-order valence-electron chi connectivity index (χ0n) is 10.6. The lowest BCUT2D eigenvalue weighted by Gasteiger charge is -2.26. The molecule has 0 aliphatic rings. The molecule has 5 heteroatoms. The molecule has 94 valence electrons. The summed E-state index contributed by atoms with van der Waals surface area (Å²) >= 11 is 0. The average Bonchev–Trinajstić information content (AvgIpc) is 2.40. The Balaban J connectivity index is 3.09. The first-order valence-electron chi connectivity index (χ1n) is 5.26. The SMILES string of the molecule is CC=C(N(C)c1ccccc1)P(=O)(OC)OC. The van der Waals surface area contributed by atoms with Crippen molar-refractivity contribution < 1.29 is 13.6 Å². The van der Waals surface area contributed by atoms with Gasteiger partial charge in [0.05, 0.1) is 0 Å². The third kappa shape index (κ3) is 2.97. The molecule has 1 aromatic rings. The van der Waals surface area contributed by atoms with Crippen molar-refractivity contribution in [3.05, 3.63) is 41.8 Å². The number of para-hydroxylation sites is 1. The monoisotopic (exact) mass is 255 g/mol. The number of hydrogen-bond donors (Lipinski definition) is 0. The predicted octanol–water partition coefficient (Wildman–Crippen LogP) is 3.47. The van der Waals surface area contributed by atoms with Gasteiger partial charge in [-0.1, -0.05) is 24.3 Å². The third-order valence-corrected chi connectivity index (χ3v) is 4.59. The molecule has 4 nitrogen and oxygen atoms in total. The summed E-state index contributed by atoms with van der Waals surface area (Å²) in [6, 6.07) is 9.63. The molecule has 0 aromatic heterocycles. The van der Waals surface area contributed by atoms with Crippen molar-refractivity contribution in [2.75, 3.05) is 26.2 Å². The van der Waals surface area contributed by atoms with Crippen LogP contribution in [-0.2, 0) is 13.6 Å². The van der Waals surface area contributed by atoms with Gasteiger partial charge in [0.2, 0.25) is 0 Å². The van der Waals surface area contributed by atoms with Crippen molar-refractivity contribution in [2.45, 2.75) is 6.92 Å². The van der Waals surface area contributed by atoms with Crippen LogP contribution in [0, 0.1) is 0 Å². The highest BCUT2D eigenvalue weighted by molar-refractivity contribution is 7.58.